The molecular formula is C20H32N2O4. The van der Waals surface area contributed by atoms with Crippen molar-refractivity contribution in [3.63, 3.8) is 0 Å². The van der Waals surface area contributed by atoms with Gasteiger partial charge in [0.1, 0.15) is 11.4 Å². The van der Waals surface area contributed by atoms with Gasteiger partial charge >= 0.3 is 0 Å². The molecule has 6 nitrogen and oxygen atoms in total. The molecule has 1 aromatic carbocycles. The largest absolute Gasteiger partial charge is 0.494 e. The van der Waals surface area contributed by atoms with Crippen LogP contribution in [0.15, 0.2) is 41.8 Å². The Bertz CT molecular complexity index is 529. The van der Waals surface area contributed by atoms with E-state index < -0.39 is 6.23 Å². The average molecular weight is 364 g/mol. The zero-order valence-electron chi connectivity index (χ0n) is 16.4. The van der Waals surface area contributed by atoms with Crippen molar-refractivity contribution in [2.75, 3.05) is 13.7 Å². The number of nitrogens with one attached hydrogen (secondary N) is 1. The van der Waals surface area contributed by atoms with Gasteiger partial charge in [0.05, 0.1) is 12.4 Å². The van der Waals surface area contributed by atoms with E-state index in [2.05, 4.69) is 17.1 Å². The van der Waals surface area contributed by atoms with Gasteiger partial charge in [-0.05, 0) is 56.3 Å². The number of benzene rings is 1. The first-order valence-corrected chi connectivity index (χ1v) is 9.15. The lowest BCUT2D eigenvalue weighted by atomic mass is 10.1. The van der Waals surface area contributed by atoms with Gasteiger partial charge in [0.15, 0.2) is 5.78 Å². The van der Waals surface area contributed by atoms with Gasteiger partial charge in [0, 0.05) is 6.42 Å². The van der Waals surface area contributed by atoms with Crippen LogP contribution in [0.25, 0.3) is 0 Å². The summed E-state index contributed by atoms with van der Waals surface area (Å²) in [5.74, 6) is 1.30. The van der Waals surface area contributed by atoms with E-state index >= 15 is 0 Å². The third-order valence-electron chi connectivity index (χ3n) is 3.40. The molecule has 0 heterocycles. The fraction of sp³-hybridized carbons (Fsp3) is 0.550. The van der Waals surface area contributed by atoms with Gasteiger partial charge < -0.3 is 9.47 Å². The lowest BCUT2D eigenvalue weighted by Crippen LogP contribution is -2.36. The van der Waals surface area contributed by atoms with Crippen LogP contribution in [0.5, 0.6) is 5.75 Å². The molecule has 26 heavy (non-hydrogen) atoms. The normalized spacial score (nSPS) is 10.9. The van der Waals surface area contributed by atoms with Crippen LogP contribution in [0, 0.1) is 4.91 Å². The lowest BCUT2D eigenvalue weighted by molar-refractivity contribution is -0.129. The number of rotatable bonds is 13. The lowest BCUT2D eigenvalue weighted by Gasteiger charge is -2.16. The van der Waals surface area contributed by atoms with Crippen molar-refractivity contribution < 1.29 is 14.3 Å². The number of Topliss-reactive ketones (excluding diaryl/α,β-unsaturated/α-hetero) is 1. The molecule has 1 aromatic rings. The number of carbonyl (C=O) groups excluding carboxylic acids is 1. The Morgan fingerprint density at radius 1 is 1.15 bits per heavy atom. The Morgan fingerprint density at radius 3 is 2.31 bits per heavy atom. The number of ketones is 1. The number of nitrogens with zero attached hydrogens (tertiary/aromatic N) is 1. The van der Waals surface area contributed by atoms with Gasteiger partial charge in [-0.1, -0.05) is 33.3 Å². The first-order chi connectivity index (χ1) is 12.6. The molecule has 0 aliphatic rings. The summed E-state index contributed by atoms with van der Waals surface area (Å²) in [6.45, 7) is 9.97. The topological polar surface area (TPSA) is 77.0 Å². The molecule has 1 unspecified atom stereocenters. The first kappa shape index (κ1) is 23.8. The van der Waals surface area contributed by atoms with E-state index in [9.17, 15) is 9.70 Å². The van der Waals surface area contributed by atoms with Crippen molar-refractivity contribution in [1.82, 2.24) is 5.32 Å². The molecular weight excluding hydrogens is 332 g/mol. The van der Waals surface area contributed by atoms with E-state index in [1.165, 1.54) is 0 Å². The fourth-order valence-electron chi connectivity index (χ4n) is 2.17. The minimum atomic E-state index is -0.602. The summed E-state index contributed by atoms with van der Waals surface area (Å²) < 4.78 is 10.9. The third kappa shape index (κ3) is 10.6. The quantitative estimate of drug-likeness (QED) is 0.228. The van der Waals surface area contributed by atoms with Crippen LogP contribution < -0.4 is 10.1 Å². The number of likely N-dealkylation sites (N-methyl/N-ethyl adjacent to an activating group) is 1. The van der Waals surface area contributed by atoms with Crippen LogP contribution >= 0.6 is 0 Å². The fourth-order valence-corrected chi connectivity index (χ4v) is 2.17. The highest BCUT2D eigenvalue weighted by Gasteiger charge is 2.16. The van der Waals surface area contributed by atoms with Crippen molar-refractivity contribution in [3.8, 4) is 5.75 Å². The van der Waals surface area contributed by atoms with Crippen LogP contribution in [-0.2, 0) is 9.53 Å². The van der Waals surface area contributed by atoms with E-state index in [1.54, 1.807) is 38.2 Å². The number of hydrogen-bond donors (Lipinski definition) is 1. The standard InChI is InChI=1S/C18H26N2O4.C2H6/c1-14(2)24-18(19-3)17(21)8-6-4-5-7-13-23-16-11-9-15(20-22)10-12-16;1-2/h9-12,18-19H,1,4-8,13H2,2-3H3;1-2H3. The highest BCUT2D eigenvalue weighted by molar-refractivity contribution is 5.82. The van der Waals surface area contributed by atoms with E-state index in [0.29, 0.717) is 24.5 Å². The molecule has 1 N–H and O–H groups in total. The number of nitroso groups, excluding NO2 is 1. The summed E-state index contributed by atoms with van der Waals surface area (Å²) in [5, 5.41) is 5.68. The second kappa shape index (κ2) is 15.1. The van der Waals surface area contributed by atoms with Gasteiger partial charge in [-0.15, -0.1) is 4.91 Å². The summed E-state index contributed by atoms with van der Waals surface area (Å²) in [7, 11) is 1.69. The zero-order valence-corrected chi connectivity index (χ0v) is 16.4. The Morgan fingerprint density at radius 2 is 1.77 bits per heavy atom. The maximum absolute atomic E-state index is 12.0. The number of carbonyl (C=O) groups is 1. The van der Waals surface area contributed by atoms with E-state index in [0.717, 1.165) is 31.4 Å². The second-order valence-corrected chi connectivity index (χ2v) is 5.55. The predicted molar refractivity (Wildman–Crippen MR) is 106 cm³/mol. The molecule has 0 bridgehead atoms. The maximum atomic E-state index is 12.0. The van der Waals surface area contributed by atoms with E-state index in [-0.39, 0.29) is 5.78 Å². The molecule has 0 aromatic heterocycles. The van der Waals surface area contributed by atoms with Gasteiger partial charge in [-0.2, -0.15) is 0 Å². The number of ether oxygens (including phenoxy) is 2. The van der Waals surface area contributed by atoms with Crippen molar-refractivity contribution in [3.05, 3.63) is 41.5 Å². The number of allylic oxidation sites excluding steroid dienone is 1. The summed E-state index contributed by atoms with van der Waals surface area (Å²) in [4.78, 5) is 22.3. The zero-order chi connectivity index (χ0) is 19.8. The number of unbranched alkanes of at least 4 members (excludes halogenated alkanes) is 3. The molecule has 0 saturated heterocycles. The van der Waals surface area contributed by atoms with Crippen molar-refractivity contribution in [2.24, 2.45) is 5.18 Å². The summed E-state index contributed by atoms with van der Waals surface area (Å²) in [6, 6.07) is 6.71. The molecule has 0 radical (unpaired) electrons. The Labute approximate surface area is 156 Å². The Balaban J connectivity index is 0.00000301. The van der Waals surface area contributed by atoms with E-state index in [4.69, 9.17) is 9.47 Å². The summed E-state index contributed by atoms with van der Waals surface area (Å²) >= 11 is 0. The molecule has 0 fully saturated rings. The highest BCUT2D eigenvalue weighted by Crippen LogP contribution is 2.18. The molecule has 0 aliphatic heterocycles. The van der Waals surface area contributed by atoms with Crippen LogP contribution in [0.2, 0.25) is 0 Å². The molecule has 146 valence electrons. The van der Waals surface area contributed by atoms with Crippen molar-refractivity contribution in [2.45, 2.75) is 59.1 Å². The smallest absolute Gasteiger partial charge is 0.208 e. The van der Waals surface area contributed by atoms with Crippen molar-refractivity contribution in [1.29, 1.82) is 0 Å². The summed E-state index contributed by atoms with van der Waals surface area (Å²) in [6.07, 6.45) is 3.59. The molecule has 0 spiro atoms. The Kier molecular flexibility index (Phi) is 13.8. The van der Waals surface area contributed by atoms with Crippen molar-refractivity contribution >= 4 is 11.5 Å². The van der Waals surface area contributed by atoms with Gasteiger partial charge in [-0.3, -0.25) is 10.1 Å². The third-order valence-corrected chi connectivity index (χ3v) is 3.40. The van der Waals surface area contributed by atoms with Crippen LogP contribution in [0.3, 0.4) is 0 Å². The molecule has 0 saturated carbocycles. The Hall–Kier alpha value is -2.21. The SMILES string of the molecule is C=C(C)OC(NC)C(=O)CCCCCCOc1ccc(N=O)cc1.CC. The van der Waals surface area contributed by atoms with Crippen LogP contribution in [-0.4, -0.2) is 25.7 Å². The van der Waals surface area contributed by atoms with Gasteiger partial charge in [0.2, 0.25) is 6.23 Å². The van der Waals surface area contributed by atoms with E-state index in [1.807, 2.05) is 13.8 Å². The highest BCUT2D eigenvalue weighted by atomic mass is 16.5. The molecule has 0 amide bonds. The first-order valence-electron chi connectivity index (χ1n) is 9.15. The van der Waals surface area contributed by atoms with Gasteiger partial charge in [-0.25, -0.2) is 0 Å². The van der Waals surface area contributed by atoms with Crippen LogP contribution in [0.1, 0.15) is 52.9 Å². The monoisotopic (exact) mass is 364 g/mol. The maximum Gasteiger partial charge on any atom is 0.208 e. The predicted octanol–water partition coefficient (Wildman–Crippen LogP) is 5.10. The molecule has 1 atom stereocenters. The van der Waals surface area contributed by atoms with Crippen LogP contribution in [0.4, 0.5) is 5.69 Å². The summed E-state index contributed by atoms with van der Waals surface area (Å²) in [5.41, 5.74) is 0.391. The molecule has 6 heteroatoms. The minimum absolute atomic E-state index is 0.0422. The molecule has 1 rings (SSSR count). The minimum Gasteiger partial charge on any atom is -0.494 e. The van der Waals surface area contributed by atoms with Gasteiger partial charge in [0.25, 0.3) is 0 Å². The number of hydrogen-bond acceptors (Lipinski definition) is 6. The second-order valence-electron chi connectivity index (χ2n) is 5.55. The average Bonchev–Trinajstić information content (AvgIpc) is 2.67. The molecule has 0 aliphatic carbocycles.